The Morgan fingerprint density at radius 3 is 2.71 bits per heavy atom. The number of nitrogens with zero attached hydrogens (tertiary/aromatic N) is 2. The fraction of sp³-hybridized carbons (Fsp3) is 0.478. The molecule has 1 aromatic carbocycles. The first kappa shape index (κ1) is 22.9. The minimum atomic E-state index is -0.653. The van der Waals surface area contributed by atoms with Gasteiger partial charge in [0, 0.05) is 44.9 Å². The summed E-state index contributed by atoms with van der Waals surface area (Å²) in [6.45, 7) is 3.99. The third-order valence-electron chi connectivity index (χ3n) is 5.14. The monoisotopic (exact) mass is 434 g/mol. The van der Waals surface area contributed by atoms with Crippen LogP contribution in [0.15, 0.2) is 30.3 Å². The zero-order valence-corrected chi connectivity index (χ0v) is 17.9. The maximum absolute atomic E-state index is 14.9. The quantitative estimate of drug-likeness (QED) is 0.412. The number of pyridine rings is 1. The summed E-state index contributed by atoms with van der Waals surface area (Å²) < 4.78 is 45.3. The van der Waals surface area contributed by atoms with Crippen molar-refractivity contribution >= 4 is 11.7 Å². The first-order chi connectivity index (χ1) is 15.0. The molecular weight excluding hydrogens is 406 g/mol. The molecule has 0 bridgehead atoms. The number of halogens is 2. The van der Waals surface area contributed by atoms with Gasteiger partial charge in [0.1, 0.15) is 17.3 Å². The highest BCUT2D eigenvalue weighted by molar-refractivity contribution is 5.70. The van der Waals surface area contributed by atoms with Gasteiger partial charge in [0.25, 0.3) is 0 Å². The molecule has 1 aromatic heterocycles. The van der Waals surface area contributed by atoms with Crippen molar-refractivity contribution in [1.82, 2.24) is 4.98 Å². The standard InChI is InChI=1S/C23H28F2N2O4/c1-3-30-22(28)12-16-8-9-27(15-16)23-18(24)13-17(14-19(23)25)20-6-4-7-21(26-20)31-11-5-10-29-2/h4,6-7,13-14,16H,3,5,8-12,15H2,1-2H3. The van der Waals surface area contributed by atoms with Gasteiger partial charge in [0.05, 0.1) is 25.3 Å². The van der Waals surface area contributed by atoms with Gasteiger partial charge in [-0.1, -0.05) is 6.07 Å². The average molecular weight is 434 g/mol. The average Bonchev–Trinajstić information content (AvgIpc) is 3.19. The van der Waals surface area contributed by atoms with Crippen molar-refractivity contribution in [2.24, 2.45) is 5.92 Å². The smallest absolute Gasteiger partial charge is 0.306 e. The number of hydrogen-bond donors (Lipinski definition) is 0. The molecule has 0 radical (unpaired) electrons. The molecule has 3 rings (SSSR count). The molecule has 1 atom stereocenters. The minimum Gasteiger partial charge on any atom is -0.478 e. The molecule has 168 valence electrons. The maximum Gasteiger partial charge on any atom is 0.306 e. The first-order valence-corrected chi connectivity index (χ1v) is 10.5. The van der Waals surface area contributed by atoms with Gasteiger partial charge in [-0.3, -0.25) is 4.79 Å². The number of carbonyl (C=O) groups excluding carboxylic acids is 1. The van der Waals surface area contributed by atoms with Gasteiger partial charge in [-0.05, 0) is 37.5 Å². The minimum absolute atomic E-state index is 0.0196. The third kappa shape index (κ3) is 6.13. The zero-order valence-electron chi connectivity index (χ0n) is 17.9. The van der Waals surface area contributed by atoms with Crippen molar-refractivity contribution in [2.45, 2.75) is 26.2 Å². The van der Waals surface area contributed by atoms with Crippen molar-refractivity contribution in [3.63, 3.8) is 0 Å². The highest BCUT2D eigenvalue weighted by atomic mass is 19.1. The van der Waals surface area contributed by atoms with Crippen LogP contribution in [0.1, 0.15) is 26.2 Å². The Hall–Kier alpha value is -2.74. The number of rotatable bonds is 10. The second-order valence-electron chi connectivity index (χ2n) is 7.45. The molecule has 0 saturated carbocycles. The molecule has 1 saturated heterocycles. The van der Waals surface area contributed by atoms with Crippen LogP contribution in [0.2, 0.25) is 0 Å². The SMILES string of the molecule is CCOC(=O)CC1CCN(c2c(F)cc(-c3cccc(OCCCOC)n3)cc2F)C1. The Morgan fingerprint density at radius 1 is 1.23 bits per heavy atom. The van der Waals surface area contributed by atoms with E-state index in [1.807, 2.05) is 0 Å². The molecule has 0 amide bonds. The van der Waals surface area contributed by atoms with E-state index in [4.69, 9.17) is 14.2 Å². The lowest BCUT2D eigenvalue weighted by atomic mass is 10.1. The van der Waals surface area contributed by atoms with Crippen molar-refractivity contribution in [3.05, 3.63) is 42.0 Å². The van der Waals surface area contributed by atoms with Crippen LogP contribution in [0.4, 0.5) is 14.5 Å². The Bertz CT molecular complexity index is 871. The number of esters is 1. The van der Waals surface area contributed by atoms with Gasteiger partial charge in [0.15, 0.2) is 0 Å². The van der Waals surface area contributed by atoms with Crippen molar-refractivity contribution in [3.8, 4) is 17.1 Å². The molecule has 0 N–H and O–H groups in total. The predicted molar refractivity (Wildman–Crippen MR) is 113 cm³/mol. The summed E-state index contributed by atoms with van der Waals surface area (Å²) in [5, 5.41) is 0. The lowest BCUT2D eigenvalue weighted by Gasteiger charge is -2.20. The number of aromatic nitrogens is 1. The number of ether oxygens (including phenoxy) is 3. The van der Waals surface area contributed by atoms with Crippen LogP contribution in [0, 0.1) is 17.6 Å². The fourth-order valence-electron chi connectivity index (χ4n) is 3.71. The second-order valence-corrected chi connectivity index (χ2v) is 7.45. The van der Waals surface area contributed by atoms with Crippen molar-refractivity contribution in [1.29, 1.82) is 0 Å². The van der Waals surface area contributed by atoms with E-state index in [-0.39, 0.29) is 24.0 Å². The molecule has 1 fully saturated rings. The summed E-state index contributed by atoms with van der Waals surface area (Å²) in [7, 11) is 1.62. The molecule has 8 heteroatoms. The van der Waals surface area contributed by atoms with Gasteiger partial charge >= 0.3 is 5.97 Å². The molecule has 0 spiro atoms. The highest BCUT2D eigenvalue weighted by Gasteiger charge is 2.29. The molecular formula is C23H28F2N2O4. The Labute approximate surface area is 181 Å². The Kier molecular flexibility index (Phi) is 8.17. The summed E-state index contributed by atoms with van der Waals surface area (Å²) in [5.41, 5.74) is 0.695. The van der Waals surface area contributed by atoms with Crippen LogP contribution in [0.5, 0.6) is 5.88 Å². The van der Waals surface area contributed by atoms with Crippen LogP contribution >= 0.6 is 0 Å². The van der Waals surface area contributed by atoms with Gasteiger partial charge in [0.2, 0.25) is 5.88 Å². The normalized spacial score (nSPS) is 15.9. The topological polar surface area (TPSA) is 60.9 Å². The van der Waals surface area contributed by atoms with E-state index in [1.54, 1.807) is 37.1 Å². The third-order valence-corrected chi connectivity index (χ3v) is 5.14. The second kappa shape index (κ2) is 11.0. The molecule has 2 aromatic rings. The van der Waals surface area contributed by atoms with E-state index in [0.29, 0.717) is 62.9 Å². The largest absolute Gasteiger partial charge is 0.478 e. The van der Waals surface area contributed by atoms with Crippen LogP contribution < -0.4 is 9.64 Å². The van der Waals surface area contributed by atoms with E-state index >= 15 is 0 Å². The molecule has 1 unspecified atom stereocenters. The zero-order chi connectivity index (χ0) is 22.2. The van der Waals surface area contributed by atoms with E-state index in [0.717, 1.165) is 0 Å². The van der Waals surface area contributed by atoms with Gasteiger partial charge in [-0.15, -0.1) is 0 Å². The summed E-state index contributed by atoms with van der Waals surface area (Å²) in [6.07, 6.45) is 1.66. The van der Waals surface area contributed by atoms with E-state index in [9.17, 15) is 13.6 Å². The lowest BCUT2D eigenvalue weighted by molar-refractivity contribution is -0.144. The molecule has 2 heterocycles. The van der Waals surface area contributed by atoms with Gasteiger partial charge in [-0.2, -0.15) is 0 Å². The molecule has 1 aliphatic rings. The van der Waals surface area contributed by atoms with E-state index < -0.39 is 11.6 Å². The van der Waals surface area contributed by atoms with E-state index in [2.05, 4.69) is 4.98 Å². The molecule has 0 aliphatic carbocycles. The number of carbonyl (C=O) groups is 1. The number of benzene rings is 1. The van der Waals surface area contributed by atoms with Gasteiger partial charge in [-0.25, -0.2) is 13.8 Å². The summed E-state index contributed by atoms with van der Waals surface area (Å²) in [5.74, 6) is -1.17. The van der Waals surface area contributed by atoms with E-state index in [1.165, 1.54) is 12.1 Å². The number of anilines is 1. The fourth-order valence-corrected chi connectivity index (χ4v) is 3.71. The number of methoxy groups -OCH3 is 1. The summed E-state index contributed by atoms with van der Waals surface area (Å²) >= 11 is 0. The van der Waals surface area contributed by atoms with Crippen LogP contribution in [0.3, 0.4) is 0 Å². The maximum atomic E-state index is 14.9. The van der Waals surface area contributed by atoms with Crippen molar-refractivity contribution < 1.29 is 27.8 Å². The highest BCUT2D eigenvalue weighted by Crippen LogP contribution is 2.33. The Balaban J connectivity index is 1.70. The van der Waals surface area contributed by atoms with Crippen LogP contribution in [0.25, 0.3) is 11.3 Å². The van der Waals surface area contributed by atoms with Gasteiger partial charge < -0.3 is 19.1 Å². The predicted octanol–water partition coefficient (Wildman–Crippen LogP) is 4.22. The molecule has 1 aliphatic heterocycles. The summed E-state index contributed by atoms with van der Waals surface area (Å²) in [6, 6.07) is 7.69. The molecule has 6 nitrogen and oxygen atoms in total. The van der Waals surface area contributed by atoms with Crippen molar-refractivity contribution in [2.75, 3.05) is 44.9 Å². The molecule has 31 heavy (non-hydrogen) atoms. The summed E-state index contributed by atoms with van der Waals surface area (Å²) in [4.78, 5) is 17.7. The van der Waals surface area contributed by atoms with Crippen LogP contribution in [-0.4, -0.2) is 51.0 Å². The van der Waals surface area contributed by atoms with Crippen LogP contribution in [-0.2, 0) is 14.3 Å². The number of hydrogen-bond acceptors (Lipinski definition) is 6. The first-order valence-electron chi connectivity index (χ1n) is 10.5. The lowest BCUT2D eigenvalue weighted by Crippen LogP contribution is -2.23. The Morgan fingerprint density at radius 2 is 2.00 bits per heavy atom.